The summed E-state index contributed by atoms with van der Waals surface area (Å²) in [4.78, 5) is 2.46. The first-order valence-corrected chi connectivity index (χ1v) is 5.62. The van der Waals surface area contributed by atoms with E-state index >= 15 is 0 Å². The standard InChI is InChI=1S/C11H20N4/c12-10-3-4-11(13,14-9-10)5-8-15-6-1-2-7-15/h3-4,9,14H,1-2,5-8,12-13H2. The highest BCUT2D eigenvalue weighted by Gasteiger charge is 2.23. The van der Waals surface area contributed by atoms with Crippen molar-refractivity contribution in [1.82, 2.24) is 10.2 Å². The third kappa shape index (κ3) is 2.73. The van der Waals surface area contributed by atoms with Crippen molar-refractivity contribution in [1.29, 1.82) is 0 Å². The zero-order valence-electron chi connectivity index (χ0n) is 9.08. The van der Waals surface area contributed by atoms with Gasteiger partial charge in [-0.3, -0.25) is 0 Å². The van der Waals surface area contributed by atoms with E-state index in [-0.39, 0.29) is 0 Å². The van der Waals surface area contributed by atoms with Gasteiger partial charge in [0, 0.05) is 24.9 Å². The van der Waals surface area contributed by atoms with E-state index < -0.39 is 5.66 Å². The van der Waals surface area contributed by atoms with E-state index in [9.17, 15) is 0 Å². The molecule has 2 aliphatic heterocycles. The van der Waals surface area contributed by atoms with Gasteiger partial charge in [0.2, 0.25) is 0 Å². The number of allylic oxidation sites excluding steroid dienone is 1. The predicted octanol–water partition coefficient (Wildman–Crippen LogP) is 0.0868. The molecule has 0 aromatic carbocycles. The summed E-state index contributed by atoms with van der Waals surface area (Å²) in [5.74, 6) is 0. The van der Waals surface area contributed by atoms with Gasteiger partial charge in [0.05, 0.1) is 0 Å². The SMILES string of the molecule is NC1=CNC(N)(CCN2CCCC2)C=C1. The van der Waals surface area contributed by atoms with Gasteiger partial charge in [-0.25, -0.2) is 0 Å². The second-order valence-corrected chi connectivity index (χ2v) is 4.46. The van der Waals surface area contributed by atoms with Crippen molar-refractivity contribution < 1.29 is 0 Å². The lowest BCUT2D eigenvalue weighted by atomic mass is 10.0. The number of nitrogens with zero attached hydrogens (tertiary/aromatic N) is 1. The molecular formula is C11H20N4. The topological polar surface area (TPSA) is 67.3 Å². The number of nitrogens with two attached hydrogens (primary N) is 2. The molecular weight excluding hydrogens is 188 g/mol. The van der Waals surface area contributed by atoms with Crippen molar-refractivity contribution in [2.24, 2.45) is 11.5 Å². The van der Waals surface area contributed by atoms with Crippen molar-refractivity contribution in [3.05, 3.63) is 24.0 Å². The molecule has 4 heteroatoms. The van der Waals surface area contributed by atoms with Crippen molar-refractivity contribution in [2.75, 3.05) is 19.6 Å². The number of nitrogens with one attached hydrogen (secondary N) is 1. The third-order valence-corrected chi connectivity index (χ3v) is 3.12. The maximum Gasteiger partial charge on any atom is 0.106 e. The van der Waals surface area contributed by atoms with Gasteiger partial charge in [0.15, 0.2) is 0 Å². The molecule has 0 aliphatic carbocycles. The highest BCUT2D eigenvalue weighted by atomic mass is 15.2. The molecule has 0 saturated carbocycles. The van der Waals surface area contributed by atoms with Gasteiger partial charge in [0.25, 0.3) is 0 Å². The fourth-order valence-electron chi connectivity index (χ4n) is 2.06. The van der Waals surface area contributed by atoms with Crippen LogP contribution in [0.3, 0.4) is 0 Å². The van der Waals surface area contributed by atoms with E-state index in [1.807, 2.05) is 12.2 Å². The molecule has 1 unspecified atom stereocenters. The maximum absolute atomic E-state index is 6.17. The minimum Gasteiger partial charge on any atom is -0.398 e. The van der Waals surface area contributed by atoms with Crippen LogP contribution in [0.4, 0.5) is 0 Å². The highest BCUT2D eigenvalue weighted by Crippen LogP contribution is 2.14. The molecule has 0 spiro atoms. The normalized spacial score (nSPS) is 31.4. The van der Waals surface area contributed by atoms with Crippen molar-refractivity contribution in [2.45, 2.75) is 24.9 Å². The Hall–Kier alpha value is -1.00. The Morgan fingerprint density at radius 2 is 2.13 bits per heavy atom. The average Bonchev–Trinajstić information content (AvgIpc) is 2.73. The van der Waals surface area contributed by atoms with Crippen LogP contribution in [-0.2, 0) is 0 Å². The van der Waals surface area contributed by atoms with E-state index in [1.54, 1.807) is 6.20 Å². The molecule has 2 heterocycles. The van der Waals surface area contributed by atoms with Crippen molar-refractivity contribution in [3.8, 4) is 0 Å². The lowest BCUT2D eigenvalue weighted by Crippen LogP contribution is -2.52. The largest absolute Gasteiger partial charge is 0.398 e. The molecule has 2 aliphatic rings. The summed E-state index contributed by atoms with van der Waals surface area (Å²) >= 11 is 0. The average molecular weight is 208 g/mol. The summed E-state index contributed by atoms with van der Waals surface area (Å²) in [7, 11) is 0. The summed E-state index contributed by atoms with van der Waals surface area (Å²) in [6.45, 7) is 3.50. The molecule has 0 radical (unpaired) electrons. The summed E-state index contributed by atoms with van der Waals surface area (Å²) in [6, 6.07) is 0. The number of hydrogen-bond acceptors (Lipinski definition) is 4. The van der Waals surface area contributed by atoms with Crippen LogP contribution in [0.25, 0.3) is 0 Å². The van der Waals surface area contributed by atoms with Crippen LogP contribution < -0.4 is 16.8 Å². The predicted molar refractivity (Wildman–Crippen MR) is 61.8 cm³/mol. The van der Waals surface area contributed by atoms with Gasteiger partial charge in [-0.2, -0.15) is 0 Å². The Bertz CT molecular complexity index is 278. The third-order valence-electron chi connectivity index (χ3n) is 3.12. The second kappa shape index (κ2) is 4.24. The van der Waals surface area contributed by atoms with Crippen LogP contribution in [-0.4, -0.2) is 30.2 Å². The van der Waals surface area contributed by atoms with Crippen molar-refractivity contribution in [3.63, 3.8) is 0 Å². The Kier molecular flexibility index (Phi) is 2.98. The number of rotatable bonds is 3. The summed E-state index contributed by atoms with van der Waals surface area (Å²) < 4.78 is 0. The number of hydrogen-bond donors (Lipinski definition) is 3. The Morgan fingerprint density at radius 1 is 1.40 bits per heavy atom. The summed E-state index contributed by atoms with van der Waals surface area (Å²) in [6.07, 6.45) is 9.19. The molecule has 4 nitrogen and oxygen atoms in total. The molecule has 0 amide bonds. The van der Waals surface area contributed by atoms with Crippen LogP contribution in [0, 0.1) is 0 Å². The fraction of sp³-hybridized carbons (Fsp3) is 0.636. The zero-order valence-corrected chi connectivity index (χ0v) is 9.08. The Labute approximate surface area is 91.0 Å². The lowest BCUT2D eigenvalue weighted by molar-refractivity contribution is 0.290. The van der Waals surface area contributed by atoms with Crippen LogP contribution in [0.1, 0.15) is 19.3 Å². The lowest BCUT2D eigenvalue weighted by Gasteiger charge is -2.31. The van der Waals surface area contributed by atoms with E-state index in [2.05, 4.69) is 10.2 Å². The molecule has 0 bridgehead atoms. The Morgan fingerprint density at radius 3 is 2.73 bits per heavy atom. The van der Waals surface area contributed by atoms with E-state index in [1.165, 1.54) is 25.9 Å². The van der Waals surface area contributed by atoms with Crippen LogP contribution in [0.15, 0.2) is 24.0 Å². The van der Waals surface area contributed by atoms with Gasteiger partial charge in [-0.1, -0.05) is 0 Å². The van der Waals surface area contributed by atoms with Gasteiger partial charge < -0.3 is 21.7 Å². The molecule has 1 atom stereocenters. The summed E-state index contributed by atoms with van der Waals surface area (Å²) in [5.41, 5.74) is 12.1. The number of likely N-dealkylation sites (tertiary alicyclic amines) is 1. The van der Waals surface area contributed by atoms with Gasteiger partial charge in [-0.05, 0) is 38.1 Å². The smallest absolute Gasteiger partial charge is 0.106 e. The quantitative estimate of drug-likeness (QED) is 0.615. The van der Waals surface area contributed by atoms with E-state index in [4.69, 9.17) is 11.5 Å². The maximum atomic E-state index is 6.17. The van der Waals surface area contributed by atoms with Crippen LogP contribution >= 0.6 is 0 Å². The molecule has 0 aromatic rings. The molecule has 15 heavy (non-hydrogen) atoms. The molecule has 1 saturated heterocycles. The van der Waals surface area contributed by atoms with E-state index in [0.717, 1.165) is 18.7 Å². The first-order chi connectivity index (χ1) is 7.18. The molecule has 0 aromatic heterocycles. The molecule has 84 valence electrons. The van der Waals surface area contributed by atoms with Gasteiger partial charge >= 0.3 is 0 Å². The first kappa shape index (κ1) is 10.5. The van der Waals surface area contributed by atoms with Gasteiger partial charge in [0.1, 0.15) is 5.66 Å². The minimum atomic E-state index is -0.411. The highest BCUT2D eigenvalue weighted by molar-refractivity contribution is 5.24. The Balaban J connectivity index is 1.81. The molecule has 5 N–H and O–H groups in total. The second-order valence-electron chi connectivity index (χ2n) is 4.46. The number of dihydropyridines is 1. The van der Waals surface area contributed by atoms with Crippen LogP contribution in [0.2, 0.25) is 0 Å². The molecule has 1 fully saturated rings. The monoisotopic (exact) mass is 208 g/mol. The van der Waals surface area contributed by atoms with E-state index in [0.29, 0.717) is 0 Å². The first-order valence-electron chi connectivity index (χ1n) is 5.62. The van der Waals surface area contributed by atoms with Crippen molar-refractivity contribution >= 4 is 0 Å². The zero-order chi connectivity index (χ0) is 10.7. The fourth-order valence-corrected chi connectivity index (χ4v) is 2.06. The molecule has 2 rings (SSSR count). The van der Waals surface area contributed by atoms with Gasteiger partial charge in [-0.15, -0.1) is 0 Å². The van der Waals surface area contributed by atoms with Crippen LogP contribution in [0.5, 0.6) is 0 Å². The summed E-state index contributed by atoms with van der Waals surface area (Å²) in [5, 5.41) is 3.15. The minimum absolute atomic E-state index is 0.411.